The molecule has 1 aromatic carbocycles. The third-order valence-electron chi connectivity index (χ3n) is 2.17. The second-order valence-electron chi connectivity index (χ2n) is 4.26. The first-order valence-electron chi connectivity index (χ1n) is 5.85. The second-order valence-corrected chi connectivity index (χ2v) is 5.41. The Morgan fingerprint density at radius 1 is 1.10 bits per heavy atom. The number of ether oxygens (including phenoxy) is 1. The summed E-state index contributed by atoms with van der Waals surface area (Å²) in [4.78, 5) is 11.8. The van der Waals surface area contributed by atoms with Crippen LogP contribution >= 0.6 is 34.8 Å². The molecule has 0 aliphatic heterocycles. The minimum atomic E-state index is -0.693. The van der Waals surface area contributed by atoms with Crippen molar-refractivity contribution in [2.45, 2.75) is 20.0 Å². The number of hydrogen-bond acceptors (Lipinski definition) is 5. The van der Waals surface area contributed by atoms with E-state index in [9.17, 15) is 4.39 Å². The van der Waals surface area contributed by atoms with Crippen molar-refractivity contribution in [1.82, 2.24) is 15.0 Å². The van der Waals surface area contributed by atoms with Gasteiger partial charge in [0.25, 0.3) is 0 Å². The average Bonchev–Trinajstić information content (AvgIpc) is 2.34. The van der Waals surface area contributed by atoms with E-state index in [0.29, 0.717) is 5.69 Å². The van der Waals surface area contributed by atoms with Crippen molar-refractivity contribution in [2.24, 2.45) is 0 Å². The Bertz CT molecular complexity index is 646. The van der Waals surface area contributed by atoms with Crippen molar-refractivity contribution >= 4 is 46.4 Å². The molecule has 0 unspecified atom stereocenters. The lowest BCUT2D eigenvalue weighted by atomic mass is 10.3. The van der Waals surface area contributed by atoms with Crippen LogP contribution in [0.4, 0.5) is 16.0 Å². The van der Waals surface area contributed by atoms with Gasteiger partial charge < -0.3 is 10.1 Å². The summed E-state index contributed by atoms with van der Waals surface area (Å²) in [6, 6.07) is 2.78. The highest BCUT2D eigenvalue weighted by molar-refractivity contribution is 6.35. The number of rotatable bonds is 4. The zero-order valence-electron chi connectivity index (χ0n) is 11.0. The van der Waals surface area contributed by atoms with Gasteiger partial charge in [-0.25, -0.2) is 4.39 Å². The number of hydrogen-bond donors (Lipinski definition) is 1. The van der Waals surface area contributed by atoms with Crippen LogP contribution in [0, 0.1) is 5.82 Å². The number of nitrogens with zero attached hydrogens (tertiary/aromatic N) is 3. The molecule has 0 aliphatic rings. The molecule has 0 saturated heterocycles. The predicted octanol–water partition coefficient (Wildman–Crippen LogP) is 4.50. The van der Waals surface area contributed by atoms with Crippen LogP contribution in [0.25, 0.3) is 0 Å². The summed E-state index contributed by atoms with van der Waals surface area (Å²) < 4.78 is 18.7. The third kappa shape index (κ3) is 4.30. The fourth-order valence-electron chi connectivity index (χ4n) is 1.41. The molecule has 0 radical (unpaired) electrons. The number of benzene rings is 1. The number of aromatic nitrogens is 3. The van der Waals surface area contributed by atoms with E-state index in [4.69, 9.17) is 39.5 Å². The first kappa shape index (κ1) is 16.0. The predicted molar refractivity (Wildman–Crippen MR) is 80.3 cm³/mol. The van der Waals surface area contributed by atoms with Crippen LogP contribution in [0.1, 0.15) is 13.8 Å². The lowest BCUT2D eigenvalue weighted by Crippen LogP contribution is -2.10. The third-order valence-corrected chi connectivity index (χ3v) is 2.89. The molecule has 2 rings (SSSR count). The monoisotopic (exact) mass is 350 g/mol. The molecule has 1 N–H and O–H groups in total. The SMILES string of the molecule is CC(C)Oc1nc(Cl)nc(Nc2cc(Cl)c(F)c(Cl)c2)n1. The van der Waals surface area contributed by atoms with Crippen LogP contribution in [0.5, 0.6) is 6.01 Å². The van der Waals surface area contributed by atoms with Crippen molar-refractivity contribution in [3.8, 4) is 6.01 Å². The van der Waals surface area contributed by atoms with E-state index in [-0.39, 0.29) is 33.4 Å². The molecule has 0 bridgehead atoms. The standard InChI is InChI=1S/C12H10Cl3FN4O/c1-5(2)21-12-19-10(15)18-11(20-12)17-6-3-7(13)9(16)8(14)4-6/h3-5H,1-2H3,(H,17,18,19,20). The Labute approximate surface area is 135 Å². The normalized spacial score (nSPS) is 10.8. The van der Waals surface area contributed by atoms with Gasteiger partial charge >= 0.3 is 6.01 Å². The number of halogens is 4. The first-order chi connectivity index (χ1) is 9.85. The quantitative estimate of drug-likeness (QED) is 0.822. The van der Waals surface area contributed by atoms with Crippen LogP contribution in [-0.4, -0.2) is 21.1 Å². The molecule has 2 aromatic rings. The van der Waals surface area contributed by atoms with E-state index in [0.717, 1.165) is 0 Å². The molecule has 0 aliphatic carbocycles. The lowest BCUT2D eigenvalue weighted by molar-refractivity contribution is 0.222. The maximum Gasteiger partial charge on any atom is 0.322 e. The molecule has 1 aromatic heterocycles. The maximum atomic E-state index is 13.3. The van der Waals surface area contributed by atoms with Gasteiger partial charge in [-0.1, -0.05) is 23.2 Å². The molecule has 0 amide bonds. The van der Waals surface area contributed by atoms with E-state index < -0.39 is 5.82 Å². The van der Waals surface area contributed by atoms with Gasteiger partial charge in [0.1, 0.15) is 0 Å². The van der Waals surface area contributed by atoms with Gasteiger partial charge in [-0.3, -0.25) is 0 Å². The Kier molecular flexibility index (Phi) is 5.03. The summed E-state index contributed by atoms with van der Waals surface area (Å²) in [5, 5.41) is 2.52. The molecule has 0 atom stereocenters. The molecule has 5 nitrogen and oxygen atoms in total. The largest absolute Gasteiger partial charge is 0.461 e. The summed E-state index contributed by atoms with van der Waals surface area (Å²) in [7, 11) is 0. The summed E-state index contributed by atoms with van der Waals surface area (Å²) in [5.41, 5.74) is 0.407. The second kappa shape index (κ2) is 6.60. The molecule has 0 saturated carbocycles. The van der Waals surface area contributed by atoms with Crippen molar-refractivity contribution in [2.75, 3.05) is 5.32 Å². The summed E-state index contributed by atoms with van der Waals surface area (Å²) >= 11 is 17.2. The fourth-order valence-corrected chi connectivity index (χ4v) is 2.05. The zero-order valence-corrected chi connectivity index (χ0v) is 13.3. The molecular formula is C12H10Cl3FN4O. The van der Waals surface area contributed by atoms with Gasteiger partial charge in [0.05, 0.1) is 16.1 Å². The van der Waals surface area contributed by atoms with Crippen LogP contribution in [0.15, 0.2) is 12.1 Å². The highest BCUT2D eigenvalue weighted by atomic mass is 35.5. The summed E-state index contributed by atoms with van der Waals surface area (Å²) in [5.74, 6) is -0.564. The van der Waals surface area contributed by atoms with Crippen LogP contribution in [0.3, 0.4) is 0 Å². The van der Waals surface area contributed by atoms with Crippen LogP contribution in [-0.2, 0) is 0 Å². The highest BCUT2D eigenvalue weighted by Crippen LogP contribution is 2.28. The van der Waals surface area contributed by atoms with E-state index in [1.807, 2.05) is 13.8 Å². The lowest BCUT2D eigenvalue weighted by Gasteiger charge is -2.10. The number of nitrogens with one attached hydrogen (secondary N) is 1. The Hall–Kier alpha value is -1.37. The molecule has 9 heteroatoms. The first-order valence-corrected chi connectivity index (χ1v) is 6.98. The highest BCUT2D eigenvalue weighted by Gasteiger charge is 2.11. The fraction of sp³-hybridized carbons (Fsp3) is 0.250. The van der Waals surface area contributed by atoms with Crippen molar-refractivity contribution in [3.63, 3.8) is 0 Å². The minimum Gasteiger partial charge on any atom is -0.461 e. The van der Waals surface area contributed by atoms with Gasteiger partial charge in [0.2, 0.25) is 11.2 Å². The molecular weight excluding hydrogens is 342 g/mol. The molecule has 112 valence electrons. The smallest absolute Gasteiger partial charge is 0.322 e. The Morgan fingerprint density at radius 2 is 1.71 bits per heavy atom. The van der Waals surface area contributed by atoms with Crippen molar-refractivity contribution < 1.29 is 9.13 Å². The average molecular weight is 352 g/mol. The minimum absolute atomic E-state index is 0.0394. The van der Waals surface area contributed by atoms with Crippen molar-refractivity contribution in [3.05, 3.63) is 33.3 Å². The van der Waals surface area contributed by atoms with Gasteiger partial charge in [-0.2, -0.15) is 15.0 Å². The summed E-state index contributed by atoms with van der Waals surface area (Å²) in [6.45, 7) is 3.65. The Morgan fingerprint density at radius 3 is 2.29 bits per heavy atom. The molecule has 21 heavy (non-hydrogen) atoms. The zero-order chi connectivity index (χ0) is 15.6. The molecule has 0 fully saturated rings. The number of anilines is 2. The van der Waals surface area contributed by atoms with Gasteiger partial charge in [-0.15, -0.1) is 0 Å². The van der Waals surface area contributed by atoms with E-state index in [2.05, 4.69) is 20.3 Å². The van der Waals surface area contributed by atoms with Crippen molar-refractivity contribution in [1.29, 1.82) is 0 Å². The van der Waals surface area contributed by atoms with E-state index >= 15 is 0 Å². The van der Waals surface area contributed by atoms with Crippen LogP contribution < -0.4 is 10.1 Å². The van der Waals surface area contributed by atoms with Gasteiger partial charge in [0, 0.05) is 5.69 Å². The van der Waals surface area contributed by atoms with Gasteiger partial charge in [0.15, 0.2) is 5.82 Å². The van der Waals surface area contributed by atoms with E-state index in [1.54, 1.807) is 0 Å². The summed E-state index contributed by atoms with van der Waals surface area (Å²) in [6.07, 6.45) is -0.119. The Balaban J connectivity index is 2.29. The van der Waals surface area contributed by atoms with Gasteiger partial charge in [-0.05, 0) is 37.6 Å². The maximum absolute atomic E-state index is 13.3. The van der Waals surface area contributed by atoms with Crippen LogP contribution in [0.2, 0.25) is 15.3 Å². The molecule has 1 heterocycles. The van der Waals surface area contributed by atoms with E-state index in [1.165, 1.54) is 12.1 Å². The topological polar surface area (TPSA) is 59.9 Å². The molecule has 0 spiro atoms.